The molecule has 0 spiro atoms. The van der Waals surface area contributed by atoms with Crippen molar-refractivity contribution >= 4 is 22.1 Å². The molecule has 0 aliphatic heterocycles. The zero-order valence-electron chi connectivity index (χ0n) is 14.4. The number of hydrogen-bond donors (Lipinski definition) is 1. The fourth-order valence-electron chi connectivity index (χ4n) is 1.23. The number of esters is 2. The third kappa shape index (κ3) is 10.1. The van der Waals surface area contributed by atoms with Gasteiger partial charge < -0.3 is 9.47 Å². The number of benzene rings is 1. The van der Waals surface area contributed by atoms with Gasteiger partial charge in [-0.15, -0.1) is 0 Å². The quantitative estimate of drug-likeness (QED) is 0.355. The van der Waals surface area contributed by atoms with E-state index in [0.717, 1.165) is 5.56 Å². The molecule has 8 heteroatoms. The van der Waals surface area contributed by atoms with Crippen molar-refractivity contribution in [2.24, 2.45) is 0 Å². The van der Waals surface area contributed by atoms with Crippen LogP contribution in [0.15, 0.2) is 53.5 Å². The van der Waals surface area contributed by atoms with Crippen molar-refractivity contribution in [3.05, 3.63) is 54.1 Å². The van der Waals surface area contributed by atoms with Crippen molar-refractivity contribution in [1.82, 2.24) is 0 Å². The second-order valence-electron chi connectivity index (χ2n) is 5.12. The monoisotopic (exact) mass is 370 g/mol. The van der Waals surface area contributed by atoms with E-state index in [9.17, 15) is 18.0 Å². The van der Waals surface area contributed by atoms with E-state index in [2.05, 4.69) is 22.6 Å². The van der Waals surface area contributed by atoms with Crippen LogP contribution in [0.25, 0.3) is 0 Å². The highest BCUT2D eigenvalue weighted by atomic mass is 32.2. The maximum absolute atomic E-state index is 10.8. The Morgan fingerprint density at radius 3 is 1.60 bits per heavy atom. The van der Waals surface area contributed by atoms with Crippen molar-refractivity contribution < 1.29 is 32.0 Å². The Labute approximate surface area is 147 Å². The Hall–Kier alpha value is -2.45. The first-order chi connectivity index (χ1) is 11.4. The van der Waals surface area contributed by atoms with Gasteiger partial charge in [0.1, 0.15) is 13.2 Å². The molecule has 1 aromatic carbocycles. The lowest BCUT2D eigenvalue weighted by molar-refractivity contribution is -0.147. The lowest BCUT2D eigenvalue weighted by Gasteiger charge is -2.05. The molecule has 0 unspecified atom stereocenters. The van der Waals surface area contributed by atoms with Gasteiger partial charge in [0.15, 0.2) is 0 Å². The zero-order chi connectivity index (χ0) is 19.6. The minimum atomic E-state index is -4.02. The molecule has 0 aromatic heterocycles. The summed E-state index contributed by atoms with van der Waals surface area (Å²) >= 11 is 0. The van der Waals surface area contributed by atoms with E-state index < -0.39 is 22.1 Å². The summed E-state index contributed by atoms with van der Waals surface area (Å²) in [6.07, 6.45) is 0. The van der Waals surface area contributed by atoms with Crippen LogP contribution in [-0.4, -0.2) is 38.1 Å². The Balaban J connectivity index is 0.000000472. The topological polar surface area (TPSA) is 107 Å². The summed E-state index contributed by atoms with van der Waals surface area (Å²) in [5.41, 5.74) is 1.59. The molecule has 1 rings (SSSR count). The molecule has 1 N–H and O–H groups in total. The van der Waals surface area contributed by atoms with E-state index in [0.29, 0.717) is 11.1 Å². The number of hydrogen-bond acceptors (Lipinski definition) is 6. The van der Waals surface area contributed by atoms with Crippen molar-refractivity contribution in [2.45, 2.75) is 25.7 Å². The predicted octanol–water partition coefficient (Wildman–Crippen LogP) is 2.47. The molecular weight excluding hydrogens is 348 g/mol. The lowest BCUT2D eigenvalue weighted by Crippen LogP contribution is -2.14. The molecule has 0 amide bonds. The van der Waals surface area contributed by atoms with Crippen molar-refractivity contribution in [2.75, 3.05) is 13.2 Å². The summed E-state index contributed by atoms with van der Waals surface area (Å²) < 4.78 is 38.9. The molecule has 0 heterocycles. The zero-order valence-corrected chi connectivity index (χ0v) is 15.3. The molecule has 0 atom stereocenters. The molecule has 1 aromatic rings. The average molecular weight is 370 g/mol. The van der Waals surface area contributed by atoms with E-state index in [1.54, 1.807) is 26.0 Å². The molecule has 0 radical (unpaired) electrons. The fraction of sp³-hybridized carbons (Fsp3) is 0.294. The van der Waals surface area contributed by atoms with E-state index >= 15 is 0 Å². The van der Waals surface area contributed by atoms with Crippen LogP contribution < -0.4 is 0 Å². The molecule has 0 bridgehead atoms. The second kappa shape index (κ2) is 10.4. The first-order valence-electron chi connectivity index (χ1n) is 7.14. The average Bonchev–Trinajstić information content (AvgIpc) is 2.51. The predicted molar refractivity (Wildman–Crippen MR) is 92.5 cm³/mol. The van der Waals surface area contributed by atoms with Crippen LogP contribution in [0, 0.1) is 6.92 Å². The third-order valence-corrected chi connectivity index (χ3v) is 3.43. The summed E-state index contributed by atoms with van der Waals surface area (Å²) in [5, 5.41) is 0. The summed E-state index contributed by atoms with van der Waals surface area (Å²) in [6, 6.07) is 5.99. The Bertz CT molecular complexity index is 703. The van der Waals surface area contributed by atoms with Crippen LogP contribution in [0.3, 0.4) is 0 Å². The van der Waals surface area contributed by atoms with Crippen LogP contribution in [0.4, 0.5) is 0 Å². The SMILES string of the molecule is C=C(C)C(=O)OCCOC(=O)C(=C)C.Cc1ccc(S(=O)(=O)O)cc1. The van der Waals surface area contributed by atoms with Gasteiger partial charge in [-0.25, -0.2) is 9.59 Å². The number of carbonyl (C=O) groups is 2. The minimum Gasteiger partial charge on any atom is -0.459 e. The maximum atomic E-state index is 10.8. The first kappa shape index (κ1) is 22.6. The van der Waals surface area contributed by atoms with Gasteiger partial charge in [0, 0.05) is 11.1 Å². The maximum Gasteiger partial charge on any atom is 0.333 e. The highest BCUT2D eigenvalue weighted by Crippen LogP contribution is 2.08. The largest absolute Gasteiger partial charge is 0.459 e. The van der Waals surface area contributed by atoms with E-state index in [-0.39, 0.29) is 18.1 Å². The van der Waals surface area contributed by atoms with Gasteiger partial charge in [-0.3, -0.25) is 4.55 Å². The van der Waals surface area contributed by atoms with Gasteiger partial charge >= 0.3 is 11.9 Å². The summed E-state index contributed by atoms with van der Waals surface area (Å²) in [4.78, 5) is 21.6. The van der Waals surface area contributed by atoms with Gasteiger partial charge in [-0.05, 0) is 32.9 Å². The number of ether oxygens (including phenoxy) is 2. The van der Waals surface area contributed by atoms with Crippen molar-refractivity contribution in [1.29, 1.82) is 0 Å². The van der Waals surface area contributed by atoms with Crippen LogP contribution in [0.1, 0.15) is 19.4 Å². The Kier molecular flexibility index (Phi) is 9.40. The van der Waals surface area contributed by atoms with Crippen LogP contribution in [0.2, 0.25) is 0 Å². The molecule has 0 saturated heterocycles. The van der Waals surface area contributed by atoms with Gasteiger partial charge in [0.05, 0.1) is 4.90 Å². The van der Waals surface area contributed by atoms with E-state index in [4.69, 9.17) is 4.55 Å². The van der Waals surface area contributed by atoms with Crippen molar-refractivity contribution in [3.63, 3.8) is 0 Å². The van der Waals surface area contributed by atoms with E-state index in [1.807, 2.05) is 6.92 Å². The number of aryl methyl sites for hydroxylation is 1. The molecule has 138 valence electrons. The number of carbonyl (C=O) groups excluding carboxylic acids is 2. The van der Waals surface area contributed by atoms with Crippen molar-refractivity contribution in [3.8, 4) is 0 Å². The summed E-state index contributed by atoms with van der Waals surface area (Å²) in [5.74, 6) is -0.979. The first-order valence-corrected chi connectivity index (χ1v) is 8.58. The normalized spacial score (nSPS) is 10.1. The van der Waals surface area contributed by atoms with Gasteiger partial charge in [-0.1, -0.05) is 30.9 Å². The molecule has 0 fully saturated rings. The fourth-order valence-corrected chi connectivity index (χ4v) is 1.71. The molecular formula is C17H22O7S. The van der Waals surface area contributed by atoms with Crippen LogP contribution in [0.5, 0.6) is 0 Å². The Morgan fingerprint density at radius 1 is 0.960 bits per heavy atom. The van der Waals surface area contributed by atoms with Gasteiger partial charge in [0.2, 0.25) is 0 Å². The van der Waals surface area contributed by atoms with Gasteiger partial charge in [-0.2, -0.15) is 8.42 Å². The second-order valence-corrected chi connectivity index (χ2v) is 6.54. The van der Waals surface area contributed by atoms with Gasteiger partial charge in [0.25, 0.3) is 10.1 Å². The number of rotatable bonds is 6. The smallest absolute Gasteiger partial charge is 0.333 e. The molecule has 0 saturated carbocycles. The molecule has 25 heavy (non-hydrogen) atoms. The summed E-state index contributed by atoms with van der Waals surface area (Å²) in [7, 11) is -4.02. The summed E-state index contributed by atoms with van der Waals surface area (Å²) in [6.45, 7) is 11.8. The minimum absolute atomic E-state index is 0.0325. The molecule has 0 aliphatic carbocycles. The Morgan fingerprint density at radius 2 is 1.32 bits per heavy atom. The molecule has 7 nitrogen and oxygen atoms in total. The molecule has 0 aliphatic rings. The van der Waals surface area contributed by atoms with Crippen LogP contribution in [-0.2, 0) is 29.2 Å². The van der Waals surface area contributed by atoms with E-state index in [1.165, 1.54) is 12.1 Å². The third-order valence-electron chi connectivity index (χ3n) is 2.57. The van der Waals surface area contributed by atoms with Crippen LogP contribution >= 0.6 is 0 Å². The standard InChI is InChI=1S/C10H14O4.C7H8O3S/c1-7(2)9(11)13-5-6-14-10(12)8(3)4;1-6-2-4-7(5-3-6)11(8,9)10/h1,3,5-6H2,2,4H3;2-5H,1H3,(H,8,9,10). The lowest BCUT2D eigenvalue weighted by atomic mass is 10.2. The highest BCUT2D eigenvalue weighted by molar-refractivity contribution is 7.85. The highest BCUT2D eigenvalue weighted by Gasteiger charge is 2.07.